The van der Waals surface area contributed by atoms with Crippen LogP contribution in [-0.4, -0.2) is 25.8 Å². The van der Waals surface area contributed by atoms with E-state index in [0.717, 1.165) is 0 Å². The zero-order valence-corrected chi connectivity index (χ0v) is 20.3. The standard InChI is InChI=1S/C25H25ClFN5O2/c1-14(2)24(34)30-11-15-6-7-17(26)21(22(15)27)23-31-18(10-20(33)32-23)16-12-28-19(29-13-16)8-9-25(3,4)5/h6-7,10,12-14H,11H2,1-5H3,(H,30,34)(H,31,32,33). The Morgan fingerprint density at radius 1 is 1.24 bits per heavy atom. The van der Waals surface area contributed by atoms with E-state index in [-0.39, 0.29) is 51.5 Å². The van der Waals surface area contributed by atoms with E-state index in [0.29, 0.717) is 11.4 Å². The fourth-order valence-corrected chi connectivity index (χ4v) is 3.06. The molecule has 1 amide bonds. The Balaban J connectivity index is 1.98. The average molecular weight is 482 g/mol. The van der Waals surface area contributed by atoms with Gasteiger partial charge in [-0.1, -0.05) is 37.4 Å². The Morgan fingerprint density at radius 2 is 1.91 bits per heavy atom. The van der Waals surface area contributed by atoms with Crippen molar-refractivity contribution < 1.29 is 9.18 Å². The van der Waals surface area contributed by atoms with E-state index in [4.69, 9.17) is 11.6 Å². The number of rotatable bonds is 5. The van der Waals surface area contributed by atoms with E-state index in [9.17, 15) is 9.59 Å². The number of hydrogen-bond donors (Lipinski definition) is 2. The monoisotopic (exact) mass is 481 g/mol. The Morgan fingerprint density at radius 3 is 2.53 bits per heavy atom. The van der Waals surface area contributed by atoms with Gasteiger partial charge in [0.15, 0.2) is 0 Å². The van der Waals surface area contributed by atoms with Gasteiger partial charge in [-0.2, -0.15) is 0 Å². The van der Waals surface area contributed by atoms with E-state index in [1.54, 1.807) is 13.8 Å². The van der Waals surface area contributed by atoms with Crippen molar-refractivity contribution in [3.8, 4) is 34.5 Å². The molecule has 0 bridgehead atoms. The van der Waals surface area contributed by atoms with Gasteiger partial charge in [-0.05, 0) is 32.8 Å². The van der Waals surface area contributed by atoms with Crippen molar-refractivity contribution in [2.24, 2.45) is 11.3 Å². The molecule has 0 atom stereocenters. The van der Waals surface area contributed by atoms with Gasteiger partial charge in [-0.15, -0.1) is 0 Å². The number of nitrogens with zero attached hydrogens (tertiary/aromatic N) is 3. The molecule has 0 spiro atoms. The van der Waals surface area contributed by atoms with Crippen LogP contribution in [0.3, 0.4) is 0 Å². The summed E-state index contributed by atoms with van der Waals surface area (Å²) in [5, 5.41) is 2.74. The summed E-state index contributed by atoms with van der Waals surface area (Å²) in [5.74, 6) is 5.12. The van der Waals surface area contributed by atoms with Crippen molar-refractivity contribution in [1.29, 1.82) is 0 Å². The molecule has 176 valence electrons. The highest BCUT2D eigenvalue weighted by atomic mass is 35.5. The Hall–Kier alpha value is -3.57. The van der Waals surface area contributed by atoms with Gasteiger partial charge in [0.05, 0.1) is 16.3 Å². The van der Waals surface area contributed by atoms with Crippen LogP contribution in [0.1, 0.15) is 46.0 Å². The summed E-state index contributed by atoms with van der Waals surface area (Å²) in [7, 11) is 0. The van der Waals surface area contributed by atoms with Crippen molar-refractivity contribution >= 4 is 17.5 Å². The molecule has 0 unspecified atom stereocenters. The minimum atomic E-state index is -0.680. The highest BCUT2D eigenvalue weighted by Gasteiger charge is 2.19. The van der Waals surface area contributed by atoms with E-state index in [1.807, 2.05) is 20.8 Å². The smallest absolute Gasteiger partial charge is 0.251 e. The summed E-state index contributed by atoms with van der Waals surface area (Å²) >= 11 is 6.26. The minimum Gasteiger partial charge on any atom is -0.352 e. The largest absolute Gasteiger partial charge is 0.352 e. The number of carbonyl (C=O) groups excluding carboxylic acids is 1. The molecular formula is C25H25ClFN5O2. The van der Waals surface area contributed by atoms with Gasteiger partial charge >= 0.3 is 0 Å². The lowest BCUT2D eigenvalue weighted by Crippen LogP contribution is -2.27. The lowest BCUT2D eigenvalue weighted by atomic mass is 9.98. The van der Waals surface area contributed by atoms with Crippen LogP contribution in [0.2, 0.25) is 5.02 Å². The maximum Gasteiger partial charge on any atom is 0.251 e. The lowest BCUT2D eigenvalue weighted by Gasteiger charge is -2.12. The first-order valence-electron chi connectivity index (χ1n) is 10.7. The maximum absolute atomic E-state index is 15.3. The summed E-state index contributed by atoms with van der Waals surface area (Å²) in [6.45, 7) is 9.40. The Labute approximate surface area is 202 Å². The molecular weight excluding hydrogens is 457 g/mol. The first-order chi connectivity index (χ1) is 15.9. The number of aromatic amines is 1. The van der Waals surface area contributed by atoms with E-state index >= 15 is 4.39 Å². The highest BCUT2D eigenvalue weighted by Crippen LogP contribution is 2.31. The molecule has 3 aromatic rings. The second-order valence-corrected chi connectivity index (χ2v) is 9.45. The third kappa shape index (κ3) is 6.27. The number of nitrogens with one attached hydrogen (secondary N) is 2. The molecule has 0 aliphatic heterocycles. The van der Waals surface area contributed by atoms with Gasteiger partial charge in [0.1, 0.15) is 11.6 Å². The number of H-pyrrole nitrogens is 1. The van der Waals surface area contributed by atoms with Crippen LogP contribution in [-0.2, 0) is 11.3 Å². The molecule has 9 heteroatoms. The van der Waals surface area contributed by atoms with Crippen LogP contribution >= 0.6 is 11.6 Å². The molecule has 7 nitrogen and oxygen atoms in total. The molecule has 2 N–H and O–H groups in total. The van der Waals surface area contributed by atoms with E-state index < -0.39 is 11.4 Å². The average Bonchev–Trinajstić information content (AvgIpc) is 2.76. The quantitative estimate of drug-likeness (QED) is 0.527. The molecule has 0 aliphatic rings. The van der Waals surface area contributed by atoms with Crippen molar-refractivity contribution in [3.05, 3.63) is 63.2 Å². The van der Waals surface area contributed by atoms with Crippen LogP contribution in [0.25, 0.3) is 22.6 Å². The molecule has 34 heavy (non-hydrogen) atoms. The maximum atomic E-state index is 15.3. The topological polar surface area (TPSA) is 101 Å². The van der Waals surface area contributed by atoms with Gasteiger partial charge in [-0.3, -0.25) is 9.59 Å². The van der Waals surface area contributed by atoms with E-state index in [1.165, 1.54) is 30.6 Å². The van der Waals surface area contributed by atoms with Crippen LogP contribution in [0, 0.1) is 29.0 Å². The first kappa shape index (κ1) is 25.1. The van der Waals surface area contributed by atoms with Gasteiger partial charge < -0.3 is 10.3 Å². The molecule has 0 fully saturated rings. The van der Waals surface area contributed by atoms with Crippen LogP contribution < -0.4 is 10.9 Å². The molecule has 0 saturated heterocycles. The zero-order valence-electron chi connectivity index (χ0n) is 19.6. The summed E-state index contributed by atoms with van der Waals surface area (Å²) in [4.78, 5) is 39.6. The van der Waals surface area contributed by atoms with Crippen molar-refractivity contribution in [1.82, 2.24) is 25.3 Å². The second kappa shape index (κ2) is 10.1. The van der Waals surface area contributed by atoms with Gasteiger partial charge in [0.25, 0.3) is 5.56 Å². The number of halogens is 2. The zero-order chi connectivity index (χ0) is 25.0. The summed E-state index contributed by atoms with van der Waals surface area (Å²) in [6.07, 6.45) is 3.00. The number of amides is 1. The number of benzene rings is 1. The molecule has 0 radical (unpaired) electrons. The highest BCUT2D eigenvalue weighted by molar-refractivity contribution is 6.33. The SMILES string of the molecule is CC(C)C(=O)NCc1ccc(Cl)c(-c2nc(-c3cnc(C#CC(C)(C)C)nc3)cc(=O)[nH]2)c1F. The number of hydrogen-bond acceptors (Lipinski definition) is 5. The van der Waals surface area contributed by atoms with Crippen molar-refractivity contribution in [2.45, 2.75) is 41.2 Å². The number of carbonyl (C=O) groups is 1. The summed E-state index contributed by atoms with van der Waals surface area (Å²) in [6, 6.07) is 4.24. The second-order valence-electron chi connectivity index (χ2n) is 9.04. The summed E-state index contributed by atoms with van der Waals surface area (Å²) < 4.78 is 15.3. The molecule has 0 aliphatic carbocycles. The van der Waals surface area contributed by atoms with Gasteiger partial charge in [0.2, 0.25) is 11.7 Å². The third-order valence-corrected chi connectivity index (χ3v) is 4.94. The minimum absolute atomic E-state index is 0.0260. The Bertz CT molecular complexity index is 1330. The van der Waals surface area contributed by atoms with Gasteiger partial charge in [-0.25, -0.2) is 19.3 Å². The predicted molar refractivity (Wildman–Crippen MR) is 129 cm³/mol. The van der Waals surface area contributed by atoms with Crippen LogP contribution in [0.4, 0.5) is 4.39 Å². The predicted octanol–water partition coefficient (Wildman–Crippen LogP) is 4.36. The lowest BCUT2D eigenvalue weighted by molar-refractivity contribution is -0.124. The molecule has 0 saturated carbocycles. The third-order valence-electron chi connectivity index (χ3n) is 4.62. The summed E-state index contributed by atoms with van der Waals surface area (Å²) in [5.41, 5.74) is 0.178. The molecule has 2 aromatic heterocycles. The van der Waals surface area contributed by atoms with Gasteiger partial charge in [0, 0.05) is 47.5 Å². The Kier molecular flexibility index (Phi) is 7.48. The van der Waals surface area contributed by atoms with Crippen LogP contribution in [0.15, 0.2) is 35.4 Å². The normalized spacial score (nSPS) is 11.2. The first-order valence-corrected chi connectivity index (χ1v) is 11.0. The molecule has 2 heterocycles. The number of aromatic nitrogens is 4. The fraction of sp³-hybridized carbons (Fsp3) is 0.320. The fourth-order valence-electron chi connectivity index (χ4n) is 2.83. The molecule has 1 aromatic carbocycles. The van der Waals surface area contributed by atoms with Crippen molar-refractivity contribution in [2.75, 3.05) is 0 Å². The van der Waals surface area contributed by atoms with Crippen molar-refractivity contribution in [3.63, 3.8) is 0 Å². The van der Waals surface area contributed by atoms with E-state index in [2.05, 4.69) is 37.1 Å². The molecule has 3 rings (SSSR count). The van der Waals surface area contributed by atoms with Crippen LogP contribution in [0.5, 0.6) is 0 Å².